The van der Waals surface area contributed by atoms with E-state index in [4.69, 9.17) is 4.74 Å². The Balaban J connectivity index is 2.56. The molecule has 2 nitrogen and oxygen atoms in total. The minimum Gasteiger partial charge on any atom is -0.384 e. The fourth-order valence-electron chi connectivity index (χ4n) is 1.84. The summed E-state index contributed by atoms with van der Waals surface area (Å²) >= 11 is 0. The van der Waals surface area contributed by atoms with Gasteiger partial charge in [-0.05, 0) is 23.6 Å². The fraction of sp³-hybridized carbons (Fsp3) is 0.500. The average molecular weight is 274 g/mol. The van der Waals surface area contributed by atoms with Crippen LogP contribution in [0.5, 0.6) is 0 Å². The van der Waals surface area contributed by atoms with E-state index in [0.717, 1.165) is 12.1 Å². The lowest BCUT2D eigenvalue weighted by Gasteiger charge is -2.10. The average Bonchev–Trinajstić information content (AvgIpc) is 2.28. The number of methoxy groups -OCH3 is 1. The van der Waals surface area contributed by atoms with Gasteiger partial charge < -0.3 is 4.74 Å². The molecule has 5 heteroatoms. The first kappa shape index (κ1) is 15.7. The van der Waals surface area contributed by atoms with Crippen molar-refractivity contribution in [1.82, 2.24) is 0 Å². The van der Waals surface area contributed by atoms with E-state index in [1.54, 1.807) is 7.11 Å². The zero-order valence-electron chi connectivity index (χ0n) is 11.0. The predicted octanol–water partition coefficient (Wildman–Crippen LogP) is 3.49. The van der Waals surface area contributed by atoms with E-state index in [9.17, 15) is 18.0 Å². The van der Waals surface area contributed by atoms with E-state index in [2.05, 4.69) is 0 Å². The third-order valence-corrected chi connectivity index (χ3v) is 2.71. The summed E-state index contributed by atoms with van der Waals surface area (Å²) in [7, 11) is 1.57. The van der Waals surface area contributed by atoms with Gasteiger partial charge in [0.15, 0.2) is 0 Å². The van der Waals surface area contributed by atoms with E-state index >= 15 is 0 Å². The van der Waals surface area contributed by atoms with Crippen molar-refractivity contribution in [3.8, 4) is 0 Å². The standard InChI is InChI=1S/C14H17F3O2/c1-10(9-19-2)7-13(18)8-11-3-5-12(6-4-11)14(15,16)17/h3-6,10H,7-9H2,1-2H3. The molecule has 0 aliphatic carbocycles. The zero-order valence-corrected chi connectivity index (χ0v) is 11.0. The molecule has 0 fully saturated rings. The molecule has 0 N–H and O–H groups in total. The van der Waals surface area contributed by atoms with Gasteiger partial charge in [0.2, 0.25) is 0 Å². The monoisotopic (exact) mass is 274 g/mol. The highest BCUT2D eigenvalue weighted by Gasteiger charge is 2.29. The van der Waals surface area contributed by atoms with Crippen molar-refractivity contribution in [3.63, 3.8) is 0 Å². The van der Waals surface area contributed by atoms with Crippen molar-refractivity contribution >= 4 is 5.78 Å². The molecule has 0 amide bonds. The van der Waals surface area contributed by atoms with Crippen molar-refractivity contribution in [2.75, 3.05) is 13.7 Å². The van der Waals surface area contributed by atoms with E-state index in [1.165, 1.54) is 12.1 Å². The van der Waals surface area contributed by atoms with Gasteiger partial charge in [-0.25, -0.2) is 0 Å². The number of carbonyl (C=O) groups excluding carboxylic acids is 1. The Labute approximate surface area is 110 Å². The van der Waals surface area contributed by atoms with Crippen molar-refractivity contribution in [2.24, 2.45) is 5.92 Å². The fourth-order valence-corrected chi connectivity index (χ4v) is 1.84. The summed E-state index contributed by atoms with van der Waals surface area (Å²) in [6, 6.07) is 4.70. The molecular weight excluding hydrogens is 257 g/mol. The van der Waals surface area contributed by atoms with Crippen LogP contribution in [-0.2, 0) is 22.1 Å². The maximum absolute atomic E-state index is 12.4. The van der Waals surface area contributed by atoms with Gasteiger partial charge >= 0.3 is 6.18 Å². The number of ketones is 1. The van der Waals surface area contributed by atoms with Gasteiger partial charge in [-0.2, -0.15) is 13.2 Å². The van der Waals surface area contributed by atoms with E-state index in [1.807, 2.05) is 6.92 Å². The van der Waals surface area contributed by atoms with Crippen LogP contribution in [0, 0.1) is 5.92 Å². The molecule has 0 aliphatic rings. The molecule has 1 aromatic carbocycles. The van der Waals surface area contributed by atoms with E-state index in [0.29, 0.717) is 18.6 Å². The third kappa shape index (κ3) is 5.42. The molecule has 0 spiro atoms. The van der Waals surface area contributed by atoms with Gasteiger partial charge in [0.25, 0.3) is 0 Å². The van der Waals surface area contributed by atoms with Crippen LogP contribution in [0.3, 0.4) is 0 Å². The summed E-state index contributed by atoms with van der Waals surface area (Å²) in [6.07, 6.45) is -3.81. The minimum atomic E-state index is -4.34. The van der Waals surface area contributed by atoms with Gasteiger partial charge in [-0.15, -0.1) is 0 Å². The highest BCUT2D eigenvalue weighted by atomic mass is 19.4. The summed E-state index contributed by atoms with van der Waals surface area (Å²) in [5.41, 5.74) is -0.0981. The van der Waals surface area contributed by atoms with Gasteiger partial charge in [-0.1, -0.05) is 19.1 Å². The molecule has 0 aliphatic heterocycles. The van der Waals surface area contributed by atoms with Gasteiger partial charge in [0, 0.05) is 26.6 Å². The molecule has 1 aromatic rings. The number of ether oxygens (including phenoxy) is 1. The van der Waals surface area contributed by atoms with Crippen LogP contribution >= 0.6 is 0 Å². The number of hydrogen-bond donors (Lipinski definition) is 0. The molecular formula is C14H17F3O2. The first-order chi connectivity index (χ1) is 8.82. The SMILES string of the molecule is COCC(C)CC(=O)Cc1ccc(C(F)(F)F)cc1. The number of halogens is 3. The number of carbonyl (C=O) groups is 1. The smallest absolute Gasteiger partial charge is 0.384 e. The second kappa shape index (κ2) is 6.70. The Morgan fingerprint density at radius 2 is 1.84 bits per heavy atom. The number of Topliss-reactive ketones (excluding diaryl/α,β-unsaturated/α-hetero) is 1. The van der Waals surface area contributed by atoms with Crippen LogP contribution in [0.1, 0.15) is 24.5 Å². The highest BCUT2D eigenvalue weighted by molar-refractivity contribution is 5.81. The largest absolute Gasteiger partial charge is 0.416 e. The number of hydrogen-bond acceptors (Lipinski definition) is 2. The Bertz CT molecular complexity index is 410. The number of alkyl halides is 3. The molecule has 0 saturated heterocycles. The van der Waals surface area contributed by atoms with Crippen molar-refractivity contribution in [3.05, 3.63) is 35.4 Å². The molecule has 1 rings (SSSR count). The van der Waals surface area contributed by atoms with Crippen LogP contribution in [-0.4, -0.2) is 19.5 Å². The first-order valence-corrected chi connectivity index (χ1v) is 5.99. The minimum absolute atomic E-state index is 0.00399. The third-order valence-electron chi connectivity index (χ3n) is 2.71. The van der Waals surface area contributed by atoms with Crippen molar-refractivity contribution < 1.29 is 22.7 Å². The predicted molar refractivity (Wildman–Crippen MR) is 65.8 cm³/mol. The summed E-state index contributed by atoms with van der Waals surface area (Å²) in [5.74, 6) is 0.122. The normalized spacial score (nSPS) is 13.3. The molecule has 1 atom stereocenters. The number of benzene rings is 1. The topological polar surface area (TPSA) is 26.3 Å². The Kier molecular flexibility index (Phi) is 5.54. The van der Waals surface area contributed by atoms with Crippen LogP contribution in [0.25, 0.3) is 0 Å². The van der Waals surface area contributed by atoms with Crippen LogP contribution in [0.4, 0.5) is 13.2 Å². The van der Waals surface area contributed by atoms with Gasteiger partial charge in [-0.3, -0.25) is 4.79 Å². The zero-order chi connectivity index (χ0) is 14.5. The molecule has 0 bridgehead atoms. The lowest BCUT2D eigenvalue weighted by atomic mass is 9.99. The quantitative estimate of drug-likeness (QED) is 0.793. The van der Waals surface area contributed by atoms with Crippen LogP contribution < -0.4 is 0 Å². The summed E-state index contributed by atoms with van der Waals surface area (Å²) in [6.45, 7) is 2.40. The molecule has 0 heterocycles. The molecule has 1 unspecified atom stereocenters. The Morgan fingerprint density at radius 1 is 1.26 bits per heavy atom. The maximum atomic E-state index is 12.4. The van der Waals surface area contributed by atoms with Crippen LogP contribution in [0.15, 0.2) is 24.3 Å². The Hall–Kier alpha value is -1.36. The van der Waals surface area contributed by atoms with Crippen molar-refractivity contribution in [1.29, 1.82) is 0 Å². The first-order valence-electron chi connectivity index (χ1n) is 5.99. The highest BCUT2D eigenvalue weighted by Crippen LogP contribution is 2.29. The molecule has 0 saturated carbocycles. The van der Waals surface area contributed by atoms with Gasteiger partial charge in [0.05, 0.1) is 5.56 Å². The van der Waals surface area contributed by atoms with Gasteiger partial charge in [0.1, 0.15) is 5.78 Å². The van der Waals surface area contributed by atoms with Crippen molar-refractivity contribution in [2.45, 2.75) is 25.9 Å². The molecule has 19 heavy (non-hydrogen) atoms. The van der Waals surface area contributed by atoms with E-state index < -0.39 is 11.7 Å². The second-order valence-corrected chi connectivity index (χ2v) is 4.67. The Morgan fingerprint density at radius 3 is 2.32 bits per heavy atom. The number of rotatable bonds is 6. The van der Waals surface area contributed by atoms with E-state index in [-0.39, 0.29) is 18.1 Å². The lowest BCUT2D eigenvalue weighted by molar-refractivity contribution is -0.137. The lowest BCUT2D eigenvalue weighted by Crippen LogP contribution is -2.12. The second-order valence-electron chi connectivity index (χ2n) is 4.67. The summed E-state index contributed by atoms with van der Waals surface area (Å²) in [4.78, 5) is 11.7. The molecule has 106 valence electrons. The maximum Gasteiger partial charge on any atom is 0.416 e. The molecule has 0 aromatic heterocycles. The summed E-state index contributed by atoms with van der Waals surface area (Å²) in [5, 5.41) is 0. The van der Waals surface area contributed by atoms with Crippen LogP contribution in [0.2, 0.25) is 0 Å². The molecule has 0 radical (unpaired) electrons. The summed E-state index contributed by atoms with van der Waals surface area (Å²) < 4.78 is 42.0.